The van der Waals surface area contributed by atoms with Gasteiger partial charge < -0.3 is 20.4 Å². The summed E-state index contributed by atoms with van der Waals surface area (Å²) in [7, 11) is 0. The minimum absolute atomic E-state index is 0.0448. The van der Waals surface area contributed by atoms with Gasteiger partial charge in [0.25, 0.3) is 0 Å². The molecule has 0 unspecified atom stereocenters. The number of aryl methyl sites for hydroxylation is 1. The quantitative estimate of drug-likeness (QED) is 0.483. The summed E-state index contributed by atoms with van der Waals surface area (Å²) in [5.41, 5.74) is 3.12. The molecule has 4 rings (SSSR count). The summed E-state index contributed by atoms with van der Waals surface area (Å²) in [6.07, 6.45) is 2.71. The zero-order valence-corrected chi connectivity index (χ0v) is 20.0. The number of pyridine rings is 1. The van der Waals surface area contributed by atoms with Crippen LogP contribution in [0.5, 0.6) is 0 Å². The van der Waals surface area contributed by atoms with Crippen molar-refractivity contribution in [3.8, 4) is 0 Å². The van der Waals surface area contributed by atoms with Crippen molar-refractivity contribution in [1.29, 1.82) is 0 Å². The molecule has 2 aromatic carbocycles. The maximum atomic E-state index is 12.6. The Labute approximate surface area is 208 Å². The molecule has 0 bridgehead atoms. The Morgan fingerprint density at radius 2 is 1.56 bits per heavy atom. The Kier molecular flexibility index (Phi) is 7.87. The predicted molar refractivity (Wildman–Crippen MR) is 137 cm³/mol. The highest BCUT2D eigenvalue weighted by atomic mass is 35.5. The van der Waals surface area contributed by atoms with E-state index in [2.05, 4.69) is 20.5 Å². The first kappa shape index (κ1) is 23.9. The smallest absolute Gasteiger partial charge is 0.322 e. The fraction of sp³-hybridized carbons (Fsp3) is 0.240. The number of carbonyl (C=O) groups excluding carboxylic acids is 2. The number of hydrogen-bond donors (Lipinski definition) is 2. The number of carbonyl (C=O) groups is 2. The van der Waals surface area contributed by atoms with E-state index in [1.807, 2.05) is 42.5 Å². The van der Waals surface area contributed by atoms with Crippen LogP contribution in [0.15, 0.2) is 66.9 Å². The van der Waals surface area contributed by atoms with Gasteiger partial charge in [-0.15, -0.1) is 0 Å². The molecule has 3 aromatic rings. The minimum atomic E-state index is -0.224. The van der Waals surface area contributed by atoms with E-state index in [1.165, 1.54) is 0 Å². The van der Waals surface area contributed by atoms with E-state index in [9.17, 15) is 9.59 Å². The lowest BCUT2D eigenvalue weighted by atomic mass is 10.2. The standard InChI is InChI=1S/C25H25Cl2N5O2/c26-21-5-3-6-22(27)24(21)30-25(34)32-16-14-31(15-17-32)20-10-7-19(8-11-20)29-23(33)12-9-18-4-1-2-13-28-18/h1-8,10-11,13H,9,12,14-17H2,(H,29,33)(H,30,34). The van der Waals surface area contributed by atoms with E-state index in [0.29, 0.717) is 54.8 Å². The minimum Gasteiger partial charge on any atom is -0.368 e. The van der Waals surface area contributed by atoms with Gasteiger partial charge in [-0.25, -0.2) is 4.79 Å². The average molecular weight is 498 g/mol. The molecular formula is C25H25Cl2N5O2. The number of piperazine rings is 1. The second-order valence-corrected chi connectivity index (χ2v) is 8.73. The van der Waals surface area contributed by atoms with Crippen molar-refractivity contribution in [3.63, 3.8) is 0 Å². The summed E-state index contributed by atoms with van der Waals surface area (Å²) in [6.45, 7) is 2.53. The number of urea groups is 1. The van der Waals surface area contributed by atoms with Gasteiger partial charge in [0.2, 0.25) is 5.91 Å². The van der Waals surface area contributed by atoms with Gasteiger partial charge in [0, 0.05) is 55.9 Å². The third-order valence-electron chi connectivity index (χ3n) is 5.61. The van der Waals surface area contributed by atoms with Gasteiger partial charge >= 0.3 is 6.03 Å². The van der Waals surface area contributed by atoms with E-state index < -0.39 is 0 Å². The third-order valence-corrected chi connectivity index (χ3v) is 6.24. The maximum Gasteiger partial charge on any atom is 0.322 e. The van der Waals surface area contributed by atoms with E-state index >= 15 is 0 Å². The Morgan fingerprint density at radius 3 is 2.21 bits per heavy atom. The van der Waals surface area contributed by atoms with Crippen LogP contribution < -0.4 is 15.5 Å². The van der Waals surface area contributed by atoms with Gasteiger partial charge in [-0.1, -0.05) is 35.3 Å². The second-order valence-electron chi connectivity index (χ2n) is 7.92. The van der Waals surface area contributed by atoms with Crippen molar-refractivity contribution < 1.29 is 9.59 Å². The fourth-order valence-electron chi connectivity index (χ4n) is 3.74. The molecule has 1 aliphatic heterocycles. The van der Waals surface area contributed by atoms with Gasteiger partial charge in [-0.3, -0.25) is 9.78 Å². The molecule has 7 nitrogen and oxygen atoms in total. The molecule has 1 fully saturated rings. The number of aromatic nitrogens is 1. The lowest BCUT2D eigenvalue weighted by Crippen LogP contribution is -2.50. The summed E-state index contributed by atoms with van der Waals surface area (Å²) in [4.78, 5) is 33.1. The molecule has 3 amide bonds. The second kappa shape index (κ2) is 11.2. The van der Waals surface area contributed by atoms with E-state index in [0.717, 1.165) is 17.1 Å². The first-order chi connectivity index (χ1) is 16.5. The van der Waals surface area contributed by atoms with Crippen LogP contribution in [0.1, 0.15) is 12.1 Å². The van der Waals surface area contributed by atoms with E-state index in [4.69, 9.17) is 23.2 Å². The van der Waals surface area contributed by atoms with Gasteiger partial charge in [0.05, 0.1) is 15.7 Å². The van der Waals surface area contributed by atoms with Crippen LogP contribution in [0.4, 0.5) is 21.9 Å². The van der Waals surface area contributed by atoms with Gasteiger partial charge in [0.15, 0.2) is 0 Å². The van der Waals surface area contributed by atoms with Crippen LogP contribution in [0.25, 0.3) is 0 Å². The Bertz CT molecular complexity index is 1110. The molecular weight excluding hydrogens is 473 g/mol. The molecule has 0 saturated carbocycles. The monoisotopic (exact) mass is 497 g/mol. The molecule has 1 aliphatic rings. The number of halogens is 2. The first-order valence-electron chi connectivity index (χ1n) is 11.0. The molecule has 34 heavy (non-hydrogen) atoms. The van der Waals surface area contributed by atoms with Crippen molar-refractivity contribution in [2.45, 2.75) is 12.8 Å². The number of nitrogens with zero attached hydrogens (tertiary/aromatic N) is 3. The Hall–Kier alpha value is -3.29. The van der Waals surface area contributed by atoms with Gasteiger partial charge in [0.1, 0.15) is 0 Å². The van der Waals surface area contributed by atoms with Crippen LogP contribution in [0.2, 0.25) is 10.0 Å². The zero-order valence-electron chi connectivity index (χ0n) is 18.5. The topological polar surface area (TPSA) is 77.6 Å². The number of hydrogen-bond acceptors (Lipinski definition) is 4. The SMILES string of the molecule is O=C(CCc1ccccn1)Nc1ccc(N2CCN(C(=O)Nc3c(Cl)cccc3Cl)CC2)cc1. The lowest BCUT2D eigenvalue weighted by molar-refractivity contribution is -0.116. The van der Waals surface area contributed by atoms with Crippen molar-refractivity contribution >= 4 is 52.2 Å². The van der Waals surface area contributed by atoms with Crippen molar-refractivity contribution in [3.05, 3.63) is 82.6 Å². The third kappa shape index (κ3) is 6.18. The fourth-order valence-corrected chi connectivity index (χ4v) is 4.23. The molecule has 2 heterocycles. The van der Waals surface area contributed by atoms with Crippen molar-refractivity contribution in [2.75, 3.05) is 41.7 Å². The molecule has 9 heteroatoms. The lowest BCUT2D eigenvalue weighted by Gasteiger charge is -2.36. The normalized spacial score (nSPS) is 13.5. The highest BCUT2D eigenvalue weighted by Gasteiger charge is 2.22. The molecule has 0 radical (unpaired) electrons. The van der Waals surface area contributed by atoms with Crippen LogP contribution in [-0.2, 0) is 11.2 Å². The van der Waals surface area contributed by atoms with Crippen LogP contribution in [0.3, 0.4) is 0 Å². The summed E-state index contributed by atoms with van der Waals surface area (Å²) < 4.78 is 0. The summed E-state index contributed by atoms with van der Waals surface area (Å²) in [6, 6.07) is 18.3. The van der Waals surface area contributed by atoms with Crippen LogP contribution >= 0.6 is 23.2 Å². The number of nitrogens with one attached hydrogen (secondary N) is 2. The van der Waals surface area contributed by atoms with Crippen LogP contribution in [-0.4, -0.2) is 48.0 Å². The number of anilines is 3. The van der Waals surface area contributed by atoms with Gasteiger partial charge in [-0.05, 0) is 55.0 Å². The van der Waals surface area contributed by atoms with Crippen LogP contribution in [0, 0.1) is 0 Å². The molecule has 1 aromatic heterocycles. The number of para-hydroxylation sites is 1. The molecule has 0 spiro atoms. The largest absolute Gasteiger partial charge is 0.368 e. The molecule has 0 aliphatic carbocycles. The molecule has 0 atom stereocenters. The highest BCUT2D eigenvalue weighted by Crippen LogP contribution is 2.30. The molecule has 2 N–H and O–H groups in total. The number of benzene rings is 2. The zero-order chi connectivity index (χ0) is 23.9. The number of rotatable bonds is 6. The Morgan fingerprint density at radius 1 is 0.853 bits per heavy atom. The summed E-state index contributed by atoms with van der Waals surface area (Å²) in [5, 5.41) is 6.55. The first-order valence-corrected chi connectivity index (χ1v) is 11.8. The Balaban J connectivity index is 1.25. The molecule has 176 valence electrons. The van der Waals surface area contributed by atoms with E-state index in [1.54, 1.807) is 29.3 Å². The van der Waals surface area contributed by atoms with Gasteiger partial charge in [-0.2, -0.15) is 0 Å². The van der Waals surface area contributed by atoms with E-state index in [-0.39, 0.29) is 11.9 Å². The highest BCUT2D eigenvalue weighted by molar-refractivity contribution is 6.39. The van der Waals surface area contributed by atoms with Crippen molar-refractivity contribution in [2.24, 2.45) is 0 Å². The predicted octanol–water partition coefficient (Wildman–Crippen LogP) is 5.31. The maximum absolute atomic E-state index is 12.6. The number of amides is 3. The molecule has 1 saturated heterocycles. The van der Waals surface area contributed by atoms with Crippen molar-refractivity contribution in [1.82, 2.24) is 9.88 Å². The summed E-state index contributed by atoms with van der Waals surface area (Å²) in [5.74, 6) is -0.0448. The average Bonchev–Trinajstić information content (AvgIpc) is 2.86. The summed E-state index contributed by atoms with van der Waals surface area (Å²) >= 11 is 12.3.